The lowest BCUT2D eigenvalue weighted by atomic mass is 10.1. The first-order valence-corrected chi connectivity index (χ1v) is 7.89. The molecule has 2 aromatic carbocycles. The predicted molar refractivity (Wildman–Crippen MR) is 86.8 cm³/mol. The first-order valence-electron chi connectivity index (χ1n) is 7.10. The van der Waals surface area contributed by atoms with Crippen molar-refractivity contribution in [1.29, 1.82) is 0 Å². The van der Waals surface area contributed by atoms with Crippen LogP contribution in [0.25, 0.3) is 0 Å². The fourth-order valence-corrected chi connectivity index (χ4v) is 3.05. The molecule has 21 heavy (non-hydrogen) atoms. The smallest absolute Gasteiger partial charge is 0.162 e. The van der Waals surface area contributed by atoms with Crippen molar-refractivity contribution in [2.75, 3.05) is 13.2 Å². The number of fused-ring (bicyclic) bond motifs is 1. The number of hydrogen-bond donors (Lipinski definition) is 1. The van der Waals surface area contributed by atoms with Gasteiger partial charge in [0.25, 0.3) is 0 Å². The molecule has 1 aliphatic heterocycles. The lowest BCUT2D eigenvalue weighted by molar-refractivity contribution is 0.171. The van der Waals surface area contributed by atoms with Gasteiger partial charge in [-0.3, -0.25) is 0 Å². The number of benzene rings is 2. The molecule has 1 heterocycles. The second-order valence-electron chi connectivity index (χ2n) is 5.11. The Morgan fingerprint density at radius 2 is 1.76 bits per heavy atom. The Kier molecular flexibility index (Phi) is 4.46. The quantitative estimate of drug-likeness (QED) is 0.904. The number of nitrogens with one attached hydrogen (secondary N) is 1. The molecule has 0 bridgehead atoms. The summed E-state index contributed by atoms with van der Waals surface area (Å²) in [5.74, 6) is 1.64. The molecule has 2 aromatic rings. The molecule has 1 atom stereocenters. The van der Waals surface area contributed by atoms with Gasteiger partial charge in [0.05, 0.1) is 0 Å². The molecule has 0 amide bonds. The fourth-order valence-electron chi connectivity index (χ4n) is 2.39. The zero-order valence-electron chi connectivity index (χ0n) is 11.9. The maximum Gasteiger partial charge on any atom is 0.162 e. The summed E-state index contributed by atoms with van der Waals surface area (Å²) >= 11 is 3.63. The third-order valence-corrected chi connectivity index (χ3v) is 4.27. The van der Waals surface area contributed by atoms with Crippen LogP contribution in [0.2, 0.25) is 0 Å². The summed E-state index contributed by atoms with van der Waals surface area (Å²) in [4.78, 5) is 0. The van der Waals surface area contributed by atoms with Crippen LogP contribution < -0.4 is 14.8 Å². The molecule has 4 heteroatoms. The van der Waals surface area contributed by atoms with Crippen LogP contribution in [-0.4, -0.2) is 13.2 Å². The van der Waals surface area contributed by atoms with Gasteiger partial charge in [-0.15, -0.1) is 0 Å². The van der Waals surface area contributed by atoms with Gasteiger partial charge in [0.2, 0.25) is 0 Å². The highest BCUT2D eigenvalue weighted by molar-refractivity contribution is 9.10. The van der Waals surface area contributed by atoms with Crippen LogP contribution in [0, 0.1) is 0 Å². The molecular formula is C17H18BrNO2. The van der Waals surface area contributed by atoms with E-state index in [1.165, 1.54) is 11.1 Å². The number of hydrogen-bond acceptors (Lipinski definition) is 3. The second kappa shape index (κ2) is 6.50. The summed E-state index contributed by atoms with van der Waals surface area (Å²) in [6.45, 7) is 4.21. The van der Waals surface area contributed by atoms with Crippen molar-refractivity contribution in [1.82, 2.24) is 5.32 Å². The van der Waals surface area contributed by atoms with Crippen molar-refractivity contribution in [2.24, 2.45) is 0 Å². The first kappa shape index (κ1) is 14.4. The maximum absolute atomic E-state index is 5.66. The van der Waals surface area contributed by atoms with Crippen LogP contribution in [-0.2, 0) is 6.54 Å². The second-order valence-corrected chi connectivity index (χ2v) is 5.96. The summed E-state index contributed by atoms with van der Waals surface area (Å²) in [5.41, 5.74) is 2.45. The van der Waals surface area contributed by atoms with E-state index in [1.54, 1.807) is 0 Å². The van der Waals surface area contributed by atoms with Gasteiger partial charge in [0.15, 0.2) is 11.5 Å². The van der Waals surface area contributed by atoms with Crippen molar-refractivity contribution in [3.8, 4) is 11.5 Å². The van der Waals surface area contributed by atoms with Crippen molar-refractivity contribution in [3.63, 3.8) is 0 Å². The van der Waals surface area contributed by atoms with Crippen LogP contribution in [0.15, 0.2) is 46.9 Å². The molecule has 3 nitrogen and oxygen atoms in total. The van der Waals surface area contributed by atoms with Gasteiger partial charge in [0.1, 0.15) is 13.2 Å². The lowest BCUT2D eigenvalue weighted by Gasteiger charge is -2.22. The molecule has 0 saturated carbocycles. The molecule has 1 unspecified atom stereocenters. The average Bonchev–Trinajstić information content (AvgIpc) is 2.53. The van der Waals surface area contributed by atoms with Crippen LogP contribution >= 0.6 is 15.9 Å². The summed E-state index contributed by atoms with van der Waals surface area (Å²) in [5, 5.41) is 3.54. The Morgan fingerprint density at radius 3 is 2.48 bits per heavy atom. The average molecular weight is 348 g/mol. The lowest BCUT2D eigenvalue weighted by Crippen LogP contribution is -2.20. The number of halogens is 1. The zero-order valence-corrected chi connectivity index (χ0v) is 13.5. The van der Waals surface area contributed by atoms with Gasteiger partial charge >= 0.3 is 0 Å². The monoisotopic (exact) mass is 347 g/mol. The molecule has 1 N–H and O–H groups in total. The van der Waals surface area contributed by atoms with Gasteiger partial charge < -0.3 is 14.8 Å². The summed E-state index contributed by atoms with van der Waals surface area (Å²) in [6.07, 6.45) is 0. The van der Waals surface area contributed by atoms with E-state index < -0.39 is 0 Å². The topological polar surface area (TPSA) is 30.5 Å². The molecule has 3 rings (SSSR count). The highest BCUT2D eigenvalue weighted by atomic mass is 79.9. The van der Waals surface area contributed by atoms with Crippen molar-refractivity contribution in [2.45, 2.75) is 19.5 Å². The van der Waals surface area contributed by atoms with Crippen molar-refractivity contribution >= 4 is 15.9 Å². The number of ether oxygens (including phenoxy) is 2. The Morgan fingerprint density at radius 1 is 1.10 bits per heavy atom. The SMILES string of the molecule is CC(NCc1ccccc1)c1cc2c(cc1Br)OCCO2. The van der Waals surface area contributed by atoms with Gasteiger partial charge in [-0.2, -0.15) is 0 Å². The normalized spacial score (nSPS) is 14.8. The maximum atomic E-state index is 5.66. The highest BCUT2D eigenvalue weighted by Crippen LogP contribution is 2.37. The minimum absolute atomic E-state index is 0.218. The fraction of sp³-hybridized carbons (Fsp3) is 0.294. The third kappa shape index (κ3) is 3.39. The van der Waals surface area contributed by atoms with E-state index in [1.807, 2.05) is 12.1 Å². The first-order chi connectivity index (χ1) is 10.2. The molecule has 1 aliphatic rings. The van der Waals surface area contributed by atoms with E-state index in [0.29, 0.717) is 13.2 Å². The van der Waals surface area contributed by atoms with E-state index in [0.717, 1.165) is 22.5 Å². The van der Waals surface area contributed by atoms with Gasteiger partial charge in [-0.05, 0) is 30.2 Å². The molecule has 0 saturated heterocycles. The van der Waals surface area contributed by atoms with E-state index in [-0.39, 0.29) is 6.04 Å². The molecule has 110 valence electrons. The Hall–Kier alpha value is -1.52. The largest absolute Gasteiger partial charge is 0.486 e. The Balaban J connectivity index is 1.73. The number of rotatable bonds is 4. The molecule has 0 aromatic heterocycles. The van der Waals surface area contributed by atoms with E-state index >= 15 is 0 Å². The van der Waals surface area contributed by atoms with Gasteiger partial charge in [0, 0.05) is 17.1 Å². The Bertz CT molecular complexity index is 616. The summed E-state index contributed by atoms with van der Waals surface area (Å²) in [6, 6.07) is 14.7. The standard InChI is InChI=1S/C17H18BrNO2/c1-12(19-11-13-5-3-2-4-6-13)14-9-16-17(10-15(14)18)21-8-7-20-16/h2-6,9-10,12,19H,7-8,11H2,1H3. The van der Waals surface area contributed by atoms with Crippen LogP contribution in [0.5, 0.6) is 11.5 Å². The van der Waals surface area contributed by atoms with Crippen LogP contribution in [0.1, 0.15) is 24.1 Å². The minimum Gasteiger partial charge on any atom is -0.486 e. The van der Waals surface area contributed by atoms with Crippen molar-refractivity contribution < 1.29 is 9.47 Å². The highest BCUT2D eigenvalue weighted by Gasteiger charge is 2.17. The van der Waals surface area contributed by atoms with E-state index in [4.69, 9.17) is 9.47 Å². The zero-order chi connectivity index (χ0) is 14.7. The summed E-state index contributed by atoms with van der Waals surface area (Å²) in [7, 11) is 0. The van der Waals surface area contributed by atoms with Crippen LogP contribution in [0.3, 0.4) is 0 Å². The molecule has 0 radical (unpaired) electrons. The molecular weight excluding hydrogens is 330 g/mol. The van der Waals surface area contributed by atoms with Crippen LogP contribution in [0.4, 0.5) is 0 Å². The van der Waals surface area contributed by atoms with E-state index in [2.05, 4.69) is 58.5 Å². The molecule has 0 aliphatic carbocycles. The van der Waals surface area contributed by atoms with Gasteiger partial charge in [-0.25, -0.2) is 0 Å². The van der Waals surface area contributed by atoms with Gasteiger partial charge in [-0.1, -0.05) is 46.3 Å². The Labute approximate surface area is 133 Å². The van der Waals surface area contributed by atoms with E-state index in [9.17, 15) is 0 Å². The van der Waals surface area contributed by atoms with Crippen molar-refractivity contribution in [3.05, 3.63) is 58.1 Å². The molecule has 0 fully saturated rings. The predicted octanol–water partition coefficient (Wildman–Crippen LogP) is 4.07. The third-order valence-electron chi connectivity index (χ3n) is 3.58. The minimum atomic E-state index is 0.218. The summed E-state index contributed by atoms with van der Waals surface area (Å²) < 4.78 is 12.3. The molecule has 0 spiro atoms.